The fourth-order valence-electron chi connectivity index (χ4n) is 2.92. The quantitative estimate of drug-likeness (QED) is 0.400. The number of primary amides is 2. The van der Waals surface area contributed by atoms with Crippen LogP contribution >= 0.6 is 11.6 Å². The second-order valence-corrected chi connectivity index (χ2v) is 7.44. The van der Waals surface area contributed by atoms with E-state index >= 15 is 0 Å². The van der Waals surface area contributed by atoms with Crippen molar-refractivity contribution >= 4 is 41.0 Å². The molecule has 0 saturated carbocycles. The first-order chi connectivity index (χ1) is 16.2. The molecule has 0 radical (unpaired) electrons. The highest BCUT2D eigenvalue weighted by atomic mass is 35.5. The average molecular weight is 482 g/mol. The molecule has 0 aliphatic heterocycles. The third-order valence-electron chi connectivity index (χ3n) is 4.57. The highest BCUT2D eigenvalue weighted by molar-refractivity contribution is 6.31. The van der Waals surface area contributed by atoms with Gasteiger partial charge in [-0.2, -0.15) is 0 Å². The minimum Gasteiger partial charge on any atom is -0.488 e. The molecule has 3 amide bonds. The van der Waals surface area contributed by atoms with Crippen LogP contribution in [0.2, 0.25) is 5.02 Å². The van der Waals surface area contributed by atoms with Gasteiger partial charge in [0.05, 0.1) is 0 Å². The number of hydrogen-bond acceptors (Lipinski definition) is 6. The van der Waals surface area contributed by atoms with E-state index in [1.165, 1.54) is 24.3 Å². The number of ether oxygens (including phenoxy) is 2. The van der Waals surface area contributed by atoms with E-state index in [1.54, 1.807) is 36.4 Å². The van der Waals surface area contributed by atoms with Crippen molar-refractivity contribution in [3.63, 3.8) is 0 Å². The van der Waals surface area contributed by atoms with Crippen molar-refractivity contribution in [1.29, 1.82) is 0 Å². The molecule has 0 bridgehead atoms. The van der Waals surface area contributed by atoms with E-state index in [0.29, 0.717) is 5.02 Å². The molecule has 0 saturated heterocycles. The molecular formula is C24H20ClN3O6. The molecule has 0 atom stereocenters. The topological polar surface area (TPSA) is 151 Å². The molecule has 0 spiro atoms. The molecule has 0 aromatic heterocycles. The molecular weight excluding hydrogens is 462 g/mol. The number of hydrogen-bond donors (Lipinski definition) is 3. The summed E-state index contributed by atoms with van der Waals surface area (Å²) >= 11 is 6.13. The van der Waals surface area contributed by atoms with Crippen LogP contribution < -0.4 is 21.5 Å². The van der Waals surface area contributed by atoms with Gasteiger partial charge in [-0.1, -0.05) is 41.9 Å². The lowest BCUT2D eigenvalue weighted by molar-refractivity contribution is -0.119. The second-order valence-electron chi connectivity index (χ2n) is 7.03. The van der Waals surface area contributed by atoms with Crippen LogP contribution in [0.4, 0.5) is 5.69 Å². The van der Waals surface area contributed by atoms with Gasteiger partial charge in [-0.15, -0.1) is 0 Å². The zero-order chi connectivity index (χ0) is 24.7. The smallest absolute Gasteiger partial charge is 0.342 e. The number of anilines is 1. The SMILES string of the molecule is NC(=O)c1cc(NC(=O)COC(=O)c2ccccc2OCc2ccccc2Cl)cc(C(N)=O)c1. The Labute approximate surface area is 199 Å². The molecule has 5 N–H and O–H groups in total. The molecule has 3 aromatic carbocycles. The van der Waals surface area contributed by atoms with Crippen molar-refractivity contribution in [3.05, 3.63) is 94.0 Å². The number of carbonyl (C=O) groups is 4. The van der Waals surface area contributed by atoms with Crippen molar-refractivity contribution in [2.45, 2.75) is 6.61 Å². The summed E-state index contributed by atoms with van der Waals surface area (Å²) in [5, 5.41) is 2.96. The molecule has 9 nitrogen and oxygen atoms in total. The van der Waals surface area contributed by atoms with Gasteiger partial charge in [-0.05, 0) is 36.4 Å². The van der Waals surface area contributed by atoms with Gasteiger partial charge < -0.3 is 26.3 Å². The molecule has 174 valence electrons. The Bertz CT molecular complexity index is 1230. The standard InChI is InChI=1S/C24H20ClN3O6/c25-19-7-3-1-5-14(19)12-33-20-8-4-2-6-18(20)24(32)34-13-21(29)28-17-10-15(22(26)30)9-16(11-17)23(27)31/h1-11H,12-13H2,(H2,26,30)(H2,27,31)(H,28,29). The Hall–Kier alpha value is -4.37. The van der Waals surface area contributed by atoms with Crippen LogP contribution in [-0.4, -0.2) is 30.3 Å². The van der Waals surface area contributed by atoms with Crippen LogP contribution in [0.1, 0.15) is 36.6 Å². The van der Waals surface area contributed by atoms with E-state index in [0.717, 1.165) is 5.56 Å². The number of halogens is 1. The molecule has 0 aliphatic carbocycles. The fraction of sp³-hybridized carbons (Fsp3) is 0.0833. The number of rotatable bonds is 9. The van der Waals surface area contributed by atoms with Gasteiger partial charge in [0.15, 0.2) is 6.61 Å². The van der Waals surface area contributed by atoms with Crippen LogP contribution in [-0.2, 0) is 16.1 Å². The summed E-state index contributed by atoms with van der Waals surface area (Å²) in [7, 11) is 0. The molecule has 34 heavy (non-hydrogen) atoms. The Kier molecular flexibility index (Phi) is 7.83. The Balaban J connectivity index is 1.64. The third-order valence-corrected chi connectivity index (χ3v) is 4.94. The summed E-state index contributed by atoms with van der Waals surface area (Å²) in [5.41, 5.74) is 11.4. The van der Waals surface area contributed by atoms with Gasteiger partial charge in [0, 0.05) is 27.4 Å². The molecule has 0 heterocycles. The highest BCUT2D eigenvalue weighted by Gasteiger charge is 2.17. The maximum atomic E-state index is 12.6. The van der Waals surface area contributed by atoms with Gasteiger partial charge in [0.25, 0.3) is 5.91 Å². The molecule has 0 fully saturated rings. The number of nitrogens with two attached hydrogens (primary N) is 2. The Morgan fingerprint density at radius 3 is 2.12 bits per heavy atom. The number of carbonyl (C=O) groups excluding carboxylic acids is 4. The van der Waals surface area contributed by atoms with Gasteiger partial charge in [-0.25, -0.2) is 4.79 Å². The van der Waals surface area contributed by atoms with Crippen LogP contribution in [0.15, 0.2) is 66.7 Å². The van der Waals surface area contributed by atoms with Crippen molar-refractivity contribution in [2.24, 2.45) is 11.5 Å². The summed E-state index contributed by atoms with van der Waals surface area (Å²) in [6, 6.07) is 17.3. The lowest BCUT2D eigenvalue weighted by Crippen LogP contribution is -2.22. The van der Waals surface area contributed by atoms with Crippen LogP contribution in [0, 0.1) is 0 Å². The largest absolute Gasteiger partial charge is 0.488 e. The Morgan fingerprint density at radius 2 is 1.47 bits per heavy atom. The number of para-hydroxylation sites is 1. The lowest BCUT2D eigenvalue weighted by Gasteiger charge is -2.12. The van der Waals surface area contributed by atoms with Crippen LogP contribution in [0.5, 0.6) is 5.75 Å². The highest BCUT2D eigenvalue weighted by Crippen LogP contribution is 2.23. The van der Waals surface area contributed by atoms with Crippen molar-refractivity contribution in [3.8, 4) is 5.75 Å². The minimum absolute atomic E-state index is 0.0202. The number of esters is 1. The monoisotopic (exact) mass is 481 g/mol. The van der Waals surface area contributed by atoms with Gasteiger partial charge >= 0.3 is 5.97 Å². The third kappa shape index (κ3) is 6.33. The summed E-state index contributed by atoms with van der Waals surface area (Å²) in [6.07, 6.45) is 0. The van der Waals surface area contributed by atoms with Crippen molar-refractivity contribution in [2.75, 3.05) is 11.9 Å². The minimum atomic E-state index is -0.807. The van der Waals surface area contributed by atoms with E-state index in [4.69, 9.17) is 32.5 Å². The number of nitrogens with one attached hydrogen (secondary N) is 1. The first kappa shape index (κ1) is 24.3. The van der Waals surface area contributed by atoms with Gasteiger partial charge in [0.2, 0.25) is 11.8 Å². The Morgan fingerprint density at radius 1 is 0.853 bits per heavy atom. The van der Waals surface area contributed by atoms with Crippen molar-refractivity contribution < 1.29 is 28.7 Å². The maximum absolute atomic E-state index is 12.6. The second kappa shape index (κ2) is 11.0. The predicted molar refractivity (Wildman–Crippen MR) is 125 cm³/mol. The lowest BCUT2D eigenvalue weighted by atomic mass is 10.1. The van der Waals surface area contributed by atoms with Gasteiger partial charge in [-0.3, -0.25) is 14.4 Å². The predicted octanol–water partition coefficient (Wildman–Crippen LogP) is 2.91. The van der Waals surface area contributed by atoms with Crippen LogP contribution in [0.25, 0.3) is 0 Å². The van der Waals surface area contributed by atoms with Gasteiger partial charge in [0.1, 0.15) is 17.9 Å². The van der Waals surface area contributed by atoms with E-state index in [1.807, 2.05) is 6.07 Å². The summed E-state index contributed by atoms with van der Waals surface area (Å²) < 4.78 is 10.8. The molecule has 0 unspecified atom stereocenters. The van der Waals surface area contributed by atoms with E-state index in [9.17, 15) is 19.2 Å². The van der Waals surface area contributed by atoms with E-state index < -0.39 is 30.3 Å². The molecule has 3 aromatic rings. The zero-order valence-electron chi connectivity index (χ0n) is 17.7. The zero-order valence-corrected chi connectivity index (χ0v) is 18.5. The molecule has 3 rings (SSSR count). The number of amides is 3. The average Bonchev–Trinajstić information content (AvgIpc) is 2.82. The first-order valence-electron chi connectivity index (χ1n) is 9.91. The number of benzene rings is 3. The molecule has 0 aliphatic rings. The first-order valence-corrected chi connectivity index (χ1v) is 10.3. The normalized spacial score (nSPS) is 10.3. The maximum Gasteiger partial charge on any atom is 0.342 e. The summed E-state index contributed by atoms with van der Waals surface area (Å²) in [4.78, 5) is 47.7. The summed E-state index contributed by atoms with van der Waals surface area (Å²) in [5.74, 6) is -2.85. The van der Waals surface area contributed by atoms with E-state index in [2.05, 4.69) is 5.32 Å². The van der Waals surface area contributed by atoms with E-state index in [-0.39, 0.29) is 34.7 Å². The molecule has 10 heteroatoms. The van der Waals surface area contributed by atoms with Crippen LogP contribution in [0.3, 0.4) is 0 Å². The fourth-order valence-corrected chi connectivity index (χ4v) is 3.11. The summed E-state index contributed by atoms with van der Waals surface area (Å²) in [6.45, 7) is -0.507. The van der Waals surface area contributed by atoms with Crippen molar-refractivity contribution in [1.82, 2.24) is 0 Å².